The number of hydrogen-bond donors (Lipinski definition) is 2. The summed E-state index contributed by atoms with van der Waals surface area (Å²) in [7, 11) is 0. The molecule has 0 aliphatic heterocycles. The van der Waals surface area contributed by atoms with Crippen LogP contribution in [0.5, 0.6) is 0 Å². The first kappa shape index (κ1) is 16.0. The molecule has 1 aliphatic carbocycles. The van der Waals surface area contributed by atoms with Crippen molar-refractivity contribution in [1.29, 1.82) is 0 Å². The Balaban J connectivity index is 1.80. The summed E-state index contributed by atoms with van der Waals surface area (Å²) in [6.07, 6.45) is 7.84. The number of nitrogens with one attached hydrogen (secondary N) is 1. The molecule has 3 N–H and O–H groups in total. The van der Waals surface area contributed by atoms with E-state index in [1.54, 1.807) is 0 Å². The van der Waals surface area contributed by atoms with E-state index >= 15 is 0 Å². The summed E-state index contributed by atoms with van der Waals surface area (Å²) in [5.74, 6) is 0.0193. The lowest BCUT2D eigenvalue weighted by molar-refractivity contribution is -0.116. The van der Waals surface area contributed by atoms with Gasteiger partial charge < -0.3 is 15.8 Å². The molecule has 2 rings (SSSR count). The van der Waals surface area contributed by atoms with Crippen LogP contribution >= 0.6 is 0 Å². The largest absolute Gasteiger partial charge is 0.374 e. The van der Waals surface area contributed by atoms with Crippen LogP contribution in [0.15, 0.2) is 24.3 Å². The first-order valence-corrected chi connectivity index (χ1v) is 7.98. The van der Waals surface area contributed by atoms with Crippen molar-refractivity contribution in [2.45, 2.75) is 57.7 Å². The molecule has 0 aromatic heterocycles. The van der Waals surface area contributed by atoms with Gasteiger partial charge in [-0.05, 0) is 43.5 Å². The summed E-state index contributed by atoms with van der Waals surface area (Å²) in [6.45, 7) is 1.17. The Bertz CT molecular complexity index is 442. The minimum atomic E-state index is 0.0193. The third-order valence-corrected chi connectivity index (χ3v) is 3.86. The minimum Gasteiger partial charge on any atom is -0.374 e. The zero-order valence-electron chi connectivity index (χ0n) is 12.6. The fourth-order valence-electron chi connectivity index (χ4n) is 2.67. The Morgan fingerprint density at radius 2 is 2.10 bits per heavy atom. The molecule has 1 fully saturated rings. The maximum absolute atomic E-state index is 11.7. The second kappa shape index (κ2) is 8.80. The Labute approximate surface area is 127 Å². The average Bonchev–Trinajstić information content (AvgIpc) is 2.52. The van der Waals surface area contributed by atoms with Gasteiger partial charge in [0.2, 0.25) is 5.91 Å². The minimum absolute atomic E-state index is 0.0193. The average molecular weight is 290 g/mol. The van der Waals surface area contributed by atoms with Crippen LogP contribution in [-0.2, 0) is 16.1 Å². The molecule has 1 aromatic rings. The van der Waals surface area contributed by atoms with Gasteiger partial charge in [0.15, 0.2) is 0 Å². The number of anilines is 1. The molecule has 0 atom stereocenters. The molecule has 0 spiro atoms. The Kier molecular flexibility index (Phi) is 6.70. The maximum atomic E-state index is 11.7. The Morgan fingerprint density at radius 3 is 2.86 bits per heavy atom. The third-order valence-electron chi connectivity index (χ3n) is 3.86. The van der Waals surface area contributed by atoms with Gasteiger partial charge in [-0.1, -0.05) is 31.4 Å². The van der Waals surface area contributed by atoms with Gasteiger partial charge in [-0.3, -0.25) is 4.79 Å². The van der Waals surface area contributed by atoms with E-state index < -0.39 is 0 Å². The van der Waals surface area contributed by atoms with Crippen molar-refractivity contribution in [1.82, 2.24) is 0 Å². The fraction of sp³-hybridized carbons (Fsp3) is 0.588. The molecular weight excluding hydrogens is 264 g/mol. The van der Waals surface area contributed by atoms with Crippen LogP contribution in [-0.4, -0.2) is 18.6 Å². The molecule has 21 heavy (non-hydrogen) atoms. The highest BCUT2D eigenvalue weighted by Crippen LogP contribution is 2.22. The lowest BCUT2D eigenvalue weighted by Gasteiger charge is -2.22. The van der Waals surface area contributed by atoms with E-state index in [9.17, 15) is 4.79 Å². The van der Waals surface area contributed by atoms with E-state index in [1.807, 2.05) is 24.3 Å². The van der Waals surface area contributed by atoms with E-state index in [0.717, 1.165) is 17.7 Å². The lowest BCUT2D eigenvalue weighted by Crippen LogP contribution is -2.16. The summed E-state index contributed by atoms with van der Waals surface area (Å²) in [5.41, 5.74) is 7.35. The standard InChI is InChI=1S/C17H26N2O2/c18-11-5-10-17(20)19-15-7-4-6-14(12-15)13-21-16-8-2-1-3-9-16/h4,6-7,12,16H,1-3,5,8-11,13,18H2,(H,19,20). The van der Waals surface area contributed by atoms with Crippen molar-refractivity contribution in [2.24, 2.45) is 5.73 Å². The molecule has 4 nitrogen and oxygen atoms in total. The van der Waals surface area contributed by atoms with Gasteiger partial charge in [0, 0.05) is 12.1 Å². The van der Waals surface area contributed by atoms with Gasteiger partial charge in [0.1, 0.15) is 0 Å². The zero-order valence-corrected chi connectivity index (χ0v) is 12.6. The molecule has 0 unspecified atom stereocenters. The van der Waals surface area contributed by atoms with Crippen LogP contribution in [0.2, 0.25) is 0 Å². The number of rotatable bonds is 7. The highest BCUT2D eigenvalue weighted by Gasteiger charge is 2.13. The van der Waals surface area contributed by atoms with Crippen LogP contribution in [0.25, 0.3) is 0 Å². The number of carbonyl (C=O) groups is 1. The van der Waals surface area contributed by atoms with Crippen LogP contribution in [0.4, 0.5) is 5.69 Å². The smallest absolute Gasteiger partial charge is 0.224 e. The van der Waals surface area contributed by atoms with Crippen molar-refractivity contribution in [3.05, 3.63) is 29.8 Å². The predicted octanol–water partition coefficient (Wildman–Crippen LogP) is 3.21. The quantitative estimate of drug-likeness (QED) is 0.810. The maximum Gasteiger partial charge on any atom is 0.224 e. The number of amides is 1. The van der Waals surface area contributed by atoms with E-state index in [1.165, 1.54) is 32.1 Å². The van der Waals surface area contributed by atoms with Gasteiger partial charge in [0.05, 0.1) is 12.7 Å². The molecule has 1 aliphatic rings. The molecule has 4 heteroatoms. The second-order valence-electron chi connectivity index (χ2n) is 5.71. The van der Waals surface area contributed by atoms with Crippen molar-refractivity contribution >= 4 is 11.6 Å². The van der Waals surface area contributed by atoms with Crippen molar-refractivity contribution in [2.75, 3.05) is 11.9 Å². The van der Waals surface area contributed by atoms with Gasteiger partial charge in [-0.2, -0.15) is 0 Å². The molecule has 0 saturated heterocycles. The molecule has 0 bridgehead atoms. The summed E-state index contributed by atoms with van der Waals surface area (Å²) in [4.78, 5) is 11.7. The van der Waals surface area contributed by atoms with Gasteiger partial charge in [-0.25, -0.2) is 0 Å². The topological polar surface area (TPSA) is 64.4 Å². The molecular formula is C17H26N2O2. The van der Waals surface area contributed by atoms with Gasteiger partial charge in [-0.15, -0.1) is 0 Å². The van der Waals surface area contributed by atoms with E-state index in [4.69, 9.17) is 10.5 Å². The molecule has 0 heterocycles. The van der Waals surface area contributed by atoms with E-state index in [2.05, 4.69) is 5.32 Å². The molecule has 1 amide bonds. The summed E-state index contributed by atoms with van der Waals surface area (Å²) < 4.78 is 5.96. The number of ether oxygens (including phenoxy) is 1. The molecule has 1 saturated carbocycles. The van der Waals surface area contributed by atoms with E-state index in [-0.39, 0.29) is 5.91 Å². The molecule has 116 valence electrons. The summed E-state index contributed by atoms with van der Waals surface area (Å²) in [6, 6.07) is 7.89. The monoisotopic (exact) mass is 290 g/mol. The summed E-state index contributed by atoms with van der Waals surface area (Å²) in [5, 5.41) is 2.91. The van der Waals surface area contributed by atoms with Crippen LogP contribution < -0.4 is 11.1 Å². The fourth-order valence-corrected chi connectivity index (χ4v) is 2.67. The van der Waals surface area contributed by atoms with Crippen molar-refractivity contribution in [3.63, 3.8) is 0 Å². The highest BCUT2D eigenvalue weighted by molar-refractivity contribution is 5.90. The number of hydrogen-bond acceptors (Lipinski definition) is 3. The van der Waals surface area contributed by atoms with E-state index in [0.29, 0.717) is 25.7 Å². The first-order valence-electron chi connectivity index (χ1n) is 7.98. The number of carbonyl (C=O) groups excluding carboxylic acids is 1. The number of nitrogens with two attached hydrogens (primary N) is 1. The lowest BCUT2D eigenvalue weighted by atomic mass is 9.98. The van der Waals surface area contributed by atoms with Crippen molar-refractivity contribution in [3.8, 4) is 0 Å². The Hall–Kier alpha value is -1.39. The molecule has 0 radical (unpaired) electrons. The van der Waals surface area contributed by atoms with Crippen LogP contribution in [0.1, 0.15) is 50.5 Å². The molecule has 1 aromatic carbocycles. The highest BCUT2D eigenvalue weighted by atomic mass is 16.5. The zero-order chi connectivity index (χ0) is 14.9. The van der Waals surface area contributed by atoms with Crippen LogP contribution in [0, 0.1) is 0 Å². The Morgan fingerprint density at radius 1 is 1.29 bits per heavy atom. The van der Waals surface area contributed by atoms with Crippen LogP contribution in [0.3, 0.4) is 0 Å². The number of benzene rings is 1. The predicted molar refractivity (Wildman–Crippen MR) is 85.0 cm³/mol. The van der Waals surface area contributed by atoms with Crippen molar-refractivity contribution < 1.29 is 9.53 Å². The van der Waals surface area contributed by atoms with Gasteiger partial charge in [0.25, 0.3) is 0 Å². The first-order chi connectivity index (χ1) is 10.3. The second-order valence-corrected chi connectivity index (χ2v) is 5.71. The normalized spacial score (nSPS) is 15.9. The SMILES string of the molecule is NCCCC(=O)Nc1cccc(COC2CCCCC2)c1. The summed E-state index contributed by atoms with van der Waals surface area (Å²) >= 11 is 0. The third kappa shape index (κ3) is 5.86. The van der Waals surface area contributed by atoms with Gasteiger partial charge >= 0.3 is 0 Å².